The van der Waals surface area contributed by atoms with Crippen molar-refractivity contribution in [2.75, 3.05) is 0 Å². The molecule has 8 heteroatoms. The second-order valence-corrected chi connectivity index (χ2v) is 9.92. The Balaban J connectivity index is 1.70. The van der Waals surface area contributed by atoms with Gasteiger partial charge in [0.1, 0.15) is 0 Å². The van der Waals surface area contributed by atoms with Gasteiger partial charge in [0.15, 0.2) is 0 Å². The molecular formula is C24H29N3O4S. The van der Waals surface area contributed by atoms with Crippen LogP contribution >= 0.6 is 0 Å². The number of nitrogens with zero attached hydrogens (tertiary/aromatic N) is 1. The van der Waals surface area contributed by atoms with Crippen molar-refractivity contribution in [3.8, 4) is 0 Å². The Kier molecular flexibility index (Phi) is 7.48. The van der Waals surface area contributed by atoms with E-state index in [9.17, 15) is 18.0 Å². The Bertz CT molecular complexity index is 1130. The third-order valence-corrected chi connectivity index (χ3v) is 6.72. The summed E-state index contributed by atoms with van der Waals surface area (Å²) >= 11 is 0. The van der Waals surface area contributed by atoms with Crippen LogP contribution in [-0.2, 0) is 31.9 Å². The molecule has 32 heavy (non-hydrogen) atoms. The lowest BCUT2D eigenvalue weighted by Crippen LogP contribution is -2.35. The van der Waals surface area contributed by atoms with E-state index < -0.39 is 10.0 Å². The maximum atomic E-state index is 12.8. The van der Waals surface area contributed by atoms with E-state index in [2.05, 4.69) is 10.0 Å². The van der Waals surface area contributed by atoms with Crippen LogP contribution in [0.3, 0.4) is 0 Å². The van der Waals surface area contributed by atoms with Gasteiger partial charge in [-0.2, -0.15) is 0 Å². The first kappa shape index (κ1) is 23.7. The van der Waals surface area contributed by atoms with Gasteiger partial charge in [0.25, 0.3) is 0 Å². The molecule has 170 valence electrons. The van der Waals surface area contributed by atoms with Crippen LogP contribution in [0.2, 0.25) is 0 Å². The van der Waals surface area contributed by atoms with E-state index in [1.165, 1.54) is 6.92 Å². The summed E-state index contributed by atoms with van der Waals surface area (Å²) in [6.07, 6.45) is 3.69. The number of sulfonamides is 1. The first-order valence-electron chi connectivity index (χ1n) is 10.6. The zero-order chi connectivity index (χ0) is 23.3. The summed E-state index contributed by atoms with van der Waals surface area (Å²) in [7, 11) is -3.48. The fourth-order valence-electron chi connectivity index (χ4n) is 3.83. The molecule has 0 saturated carbocycles. The highest BCUT2D eigenvalue weighted by Gasteiger charge is 2.28. The lowest BCUT2D eigenvalue weighted by atomic mass is 9.93. The van der Waals surface area contributed by atoms with E-state index in [1.54, 1.807) is 43.1 Å². The van der Waals surface area contributed by atoms with Crippen molar-refractivity contribution >= 4 is 27.9 Å². The number of hydrogen-bond donors (Lipinski definition) is 2. The average molecular weight is 456 g/mol. The summed E-state index contributed by atoms with van der Waals surface area (Å²) in [4.78, 5) is 26.5. The molecule has 1 aliphatic rings. The van der Waals surface area contributed by atoms with Gasteiger partial charge in [0.2, 0.25) is 21.8 Å². The van der Waals surface area contributed by atoms with Crippen molar-refractivity contribution in [1.82, 2.24) is 14.9 Å². The van der Waals surface area contributed by atoms with E-state index >= 15 is 0 Å². The molecule has 0 aliphatic carbocycles. The average Bonchev–Trinajstić information content (AvgIpc) is 2.72. The topological polar surface area (TPSA) is 95.6 Å². The van der Waals surface area contributed by atoms with E-state index in [-0.39, 0.29) is 42.6 Å². The molecule has 0 spiro atoms. The summed E-state index contributed by atoms with van der Waals surface area (Å²) in [5.41, 5.74) is 3.28. The number of rotatable bonds is 8. The Hall–Kier alpha value is -2.97. The SMILES string of the molecule is CC(=O)N1C=Cc2ccccc2[C@@H]1CC(=O)NCc1ccccc1CS(=O)(=O)NC(C)C. The minimum atomic E-state index is -3.48. The van der Waals surface area contributed by atoms with Gasteiger partial charge >= 0.3 is 0 Å². The molecule has 0 aromatic heterocycles. The number of nitrogens with one attached hydrogen (secondary N) is 2. The predicted octanol–water partition coefficient (Wildman–Crippen LogP) is 3.09. The number of hydrogen-bond acceptors (Lipinski definition) is 4. The molecule has 0 radical (unpaired) electrons. The molecule has 0 bridgehead atoms. The van der Waals surface area contributed by atoms with Gasteiger partial charge in [-0.3, -0.25) is 9.59 Å². The molecule has 2 amide bonds. The Morgan fingerprint density at radius 3 is 2.38 bits per heavy atom. The first-order valence-corrected chi connectivity index (χ1v) is 12.2. The molecule has 2 aromatic carbocycles. The maximum absolute atomic E-state index is 12.8. The monoisotopic (exact) mass is 455 g/mol. The standard InChI is InChI=1S/C24H29N3O4S/c1-17(2)26-32(30,31)16-21-10-5-4-9-20(21)15-25-24(29)14-23-22-11-7-6-8-19(22)12-13-27(23)18(3)28/h4-13,17,23,26H,14-16H2,1-3H3,(H,25,29)/t23-/m0/s1. The smallest absolute Gasteiger partial charge is 0.223 e. The zero-order valence-corrected chi connectivity index (χ0v) is 19.4. The molecule has 7 nitrogen and oxygen atoms in total. The van der Waals surface area contributed by atoms with Crippen LogP contribution in [0.4, 0.5) is 0 Å². The van der Waals surface area contributed by atoms with Crippen molar-refractivity contribution in [2.45, 2.75) is 51.6 Å². The quantitative estimate of drug-likeness (QED) is 0.639. The summed E-state index contributed by atoms with van der Waals surface area (Å²) in [6.45, 7) is 5.22. The second kappa shape index (κ2) is 10.1. The second-order valence-electron chi connectivity index (χ2n) is 8.17. The van der Waals surface area contributed by atoms with Crippen LogP contribution in [0.5, 0.6) is 0 Å². The van der Waals surface area contributed by atoms with Crippen LogP contribution in [0.1, 0.15) is 55.5 Å². The van der Waals surface area contributed by atoms with Crippen LogP contribution in [0.25, 0.3) is 6.08 Å². The van der Waals surface area contributed by atoms with Gasteiger partial charge in [0, 0.05) is 25.7 Å². The van der Waals surface area contributed by atoms with E-state index in [0.29, 0.717) is 5.56 Å². The summed E-state index contributed by atoms with van der Waals surface area (Å²) in [6, 6.07) is 14.3. The molecule has 0 saturated heterocycles. The van der Waals surface area contributed by atoms with Gasteiger partial charge in [-0.15, -0.1) is 0 Å². The third kappa shape index (κ3) is 6.05. The van der Waals surface area contributed by atoms with Gasteiger partial charge in [-0.1, -0.05) is 48.5 Å². The third-order valence-electron chi connectivity index (χ3n) is 5.20. The molecule has 1 atom stereocenters. The number of carbonyl (C=O) groups is 2. The Labute approximate surface area is 189 Å². The van der Waals surface area contributed by atoms with Crippen LogP contribution in [-0.4, -0.2) is 31.2 Å². The first-order chi connectivity index (χ1) is 15.2. The lowest BCUT2D eigenvalue weighted by molar-refractivity contribution is -0.130. The van der Waals surface area contributed by atoms with Gasteiger partial charge in [-0.25, -0.2) is 13.1 Å². The highest BCUT2D eigenvalue weighted by Crippen LogP contribution is 2.32. The lowest BCUT2D eigenvalue weighted by Gasteiger charge is -2.32. The van der Waals surface area contributed by atoms with Gasteiger partial charge in [0.05, 0.1) is 18.2 Å². The molecular weight excluding hydrogens is 426 g/mol. The largest absolute Gasteiger partial charge is 0.352 e. The predicted molar refractivity (Wildman–Crippen MR) is 125 cm³/mol. The molecule has 1 aliphatic heterocycles. The molecule has 0 fully saturated rings. The maximum Gasteiger partial charge on any atom is 0.223 e. The van der Waals surface area contributed by atoms with E-state index in [0.717, 1.165) is 16.7 Å². The van der Waals surface area contributed by atoms with Gasteiger partial charge < -0.3 is 10.2 Å². The normalized spacial score (nSPS) is 15.5. The number of amides is 2. The van der Waals surface area contributed by atoms with Crippen LogP contribution in [0, 0.1) is 0 Å². The highest BCUT2D eigenvalue weighted by molar-refractivity contribution is 7.88. The molecule has 2 aromatic rings. The number of fused-ring (bicyclic) bond motifs is 1. The molecule has 1 heterocycles. The van der Waals surface area contributed by atoms with E-state index in [1.807, 2.05) is 36.4 Å². The van der Waals surface area contributed by atoms with Crippen LogP contribution < -0.4 is 10.0 Å². The number of carbonyl (C=O) groups excluding carboxylic acids is 2. The minimum absolute atomic E-state index is 0.107. The minimum Gasteiger partial charge on any atom is -0.352 e. The fourth-order valence-corrected chi connectivity index (χ4v) is 5.32. The summed E-state index contributed by atoms with van der Waals surface area (Å²) < 4.78 is 27.3. The Morgan fingerprint density at radius 2 is 1.69 bits per heavy atom. The van der Waals surface area contributed by atoms with Gasteiger partial charge in [-0.05, 0) is 42.2 Å². The molecule has 0 unspecified atom stereocenters. The van der Waals surface area contributed by atoms with Crippen LogP contribution in [0.15, 0.2) is 54.7 Å². The summed E-state index contributed by atoms with van der Waals surface area (Å²) in [5, 5.41) is 2.89. The molecule has 3 rings (SSSR count). The van der Waals surface area contributed by atoms with Crippen molar-refractivity contribution in [3.05, 3.63) is 77.0 Å². The van der Waals surface area contributed by atoms with Crippen molar-refractivity contribution in [2.24, 2.45) is 0 Å². The number of benzene rings is 2. The van der Waals surface area contributed by atoms with Crippen molar-refractivity contribution < 1.29 is 18.0 Å². The fraction of sp³-hybridized carbons (Fsp3) is 0.333. The van der Waals surface area contributed by atoms with Crippen molar-refractivity contribution in [1.29, 1.82) is 0 Å². The Morgan fingerprint density at radius 1 is 1.03 bits per heavy atom. The van der Waals surface area contributed by atoms with E-state index in [4.69, 9.17) is 0 Å². The molecule has 2 N–H and O–H groups in total. The summed E-state index contributed by atoms with van der Waals surface area (Å²) in [5.74, 6) is -0.512. The highest BCUT2D eigenvalue weighted by atomic mass is 32.2. The zero-order valence-electron chi connectivity index (χ0n) is 18.5. The van der Waals surface area contributed by atoms with Crippen molar-refractivity contribution in [3.63, 3.8) is 0 Å².